The van der Waals surface area contributed by atoms with Crippen molar-refractivity contribution < 1.29 is 0 Å². The molecular formula is C16H18BrClS. The Morgan fingerprint density at radius 3 is 2.89 bits per heavy atom. The highest BCUT2D eigenvalue weighted by atomic mass is 79.9. The van der Waals surface area contributed by atoms with Gasteiger partial charge in [0.1, 0.15) is 0 Å². The maximum absolute atomic E-state index is 6.86. The van der Waals surface area contributed by atoms with Gasteiger partial charge in [-0.25, -0.2) is 0 Å². The van der Waals surface area contributed by atoms with Crippen molar-refractivity contribution in [2.24, 2.45) is 11.3 Å². The maximum atomic E-state index is 6.86. The molecule has 0 amide bonds. The zero-order chi connectivity index (χ0) is 13.6. The predicted molar refractivity (Wildman–Crippen MR) is 89.2 cm³/mol. The van der Waals surface area contributed by atoms with Crippen LogP contribution in [0.15, 0.2) is 28.1 Å². The molecule has 1 aromatic heterocycles. The molecule has 1 aliphatic carbocycles. The van der Waals surface area contributed by atoms with Gasteiger partial charge in [0.05, 0.1) is 5.38 Å². The zero-order valence-electron chi connectivity index (χ0n) is 11.2. The first-order valence-corrected chi connectivity index (χ1v) is 8.91. The van der Waals surface area contributed by atoms with Crippen LogP contribution in [-0.2, 0) is 0 Å². The van der Waals surface area contributed by atoms with Crippen molar-refractivity contribution in [1.82, 2.24) is 0 Å². The van der Waals surface area contributed by atoms with E-state index in [-0.39, 0.29) is 5.38 Å². The molecule has 0 aliphatic heterocycles. The largest absolute Gasteiger partial charge is 0.142 e. The summed E-state index contributed by atoms with van der Waals surface area (Å²) in [6.45, 7) is 4.73. The summed E-state index contributed by atoms with van der Waals surface area (Å²) >= 11 is 12.3. The lowest BCUT2D eigenvalue weighted by Crippen LogP contribution is -2.21. The molecule has 2 atom stereocenters. The van der Waals surface area contributed by atoms with Crippen molar-refractivity contribution in [3.63, 3.8) is 0 Å². The number of alkyl halides is 1. The van der Waals surface area contributed by atoms with Crippen LogP contribution < -0.4 is 0 Å². The first-order chi connectivity index (χ1) is 9.00. The number of fused-ring (bicyclic) bond motifs is 1. The lowest BCUT2D eigenvalue weighted by Gasteiger charge is -2.30. The summed E-state index contributed by atoms with van der Waals surface area (Å²) in [5.74, 6) is 0.589. The molecule has 0 N–H and O–H groups in total. The standard InChI is InChI=1S/C16H18BrClS/c1-16(2)8-4-6-12(16)14(18)11-9-19-15-10(11)5-3-7-13(15)17/h3,5,7,9,12,14H,4,6,8H2,1-2H3. The molecule has 0 nitrogen and oxygen atoms in total. The van der Waals surface area contributed by atoms with Crippen molar-refractivity contribution >= 4 is 49.0 Å². The van der Waals surface area contributed by atoms with Crippen LogP contribution in [0.4, 0.5) is 0 Å². The van der Waals surface area contributed by atoms with Gasteiger partial charge < -0.3 is 0 Å². The summed E-state index contributed by atoms with van der Waals surface area (Å²) < 4.78 is 2.50. The molecule has 1 saturated carbocycles. The average molecular weight is 358 g/mol. The Morgan fingerprint density at radius 1 is 1.42 bits per heavy atom. The molecule has 1 aromatic carbocycles. The van der Waals surface area contributed by atoms with Gasteiger partial charge in [-0.3, -0.25) is 0 Å². The number of thiophene rings is 1. The van der Waals surface area contributed by atoms with E-state index in [1.54, 1.807) is 11.3 Å². The van der Waals surface area contributed by atoms with Crippen LogP contribution in [0.2, 0.25) is 0 Å². The topological polar surface area (TPSA) is 0 Å². The highest BCUT2D eigenvalue weighted by Gasteiger charge is 2.40. The number of halogens is 2. The van der Waals surface area contributed by atoms with Crippen molar-refractivity contribution in [1.29, 1.82) is 0 Å². The van der Waals surface area contributed by atoms with Crippen LogP contribution in [0.5, 0.6) is 0 Å². The fourth-order valence-electron chi connectivity index (χ4n) is 3.37. The van der Waals surface area contributed by atoms with Gasteiger partial charge in [-0.2, -0.15) is 0 Å². The van der Waals surface area contributed by atoms with Gasteiger partial charge in [-0.05, 0) is 62.5 Å². The quantitative estimate of drug-likeness (QED) is 0.520. The molecule has 2 aromatic rings. The third kappa shape index (κ3) is 2.36. The second-order valence-electron chi connectivity index (χ2n) is 6.20. The van der Waals surface area contributed by atoms with E-state index in [4.69, 9.17) is 11.6 Å². The molecule has 0 spiro atoms. The van der Waals surface area contributed by atoms with E-state index in [0.29, 0.717) is 11.3 Å². The summed E-state index contributed by atoms with van der Waals surface area (Å²) in [6.07, 6.45) is 3.87. The van der Waals surface area contributed by atoms with Gasteiger partial charge >= 0.3 is 0 Å². The Labute approximate surface area is 132 Å². The number of benzene rings is 1. The Morgan fingerprint density at radius 2 is 2.21 bits per heavy atom. The molecular weight excluding hydrogens is 340 g/mol. The average Bonchev–Trinajstić information content (AvgIpc) is 2.92. The van der Waals surface area contributed by atoms with Gasteiger partial charge in [0.2, 0.25) is 0 Å². The zero-order valence-corrected chi connectivity index (χ0v) is 14.4. The Hall–Kier alpha value is -0.0500. The molecule has 0 saturated heterocycles. The van der Waals surface area contributed by atoms with E-state index >= 15 is 0 Å². The molecule has 19 heavy (non-hydrogen) atoms. The second-order valence-corrected chi connectivity index (χ2v) is 8.40. The molecule has 2 unspecified atom stereocenters. The molecule has 3 rings (SSSR count). The molecule has 3 heteroatoms. The normalized spacial score (nSPS) is 23.9. The highest BCUT2D eigenvalue weighted by molar-refractivity contribution is 9.10. The van der Waals surface area contributed by atoms with Gasteiger partial charge in [0.15, 0.2) is 0 Å². The van der Waals surface area contributed by atoms with Crippen molar-refractivity contribution in [3.05, 3.63) is 33.6 Å². The molecule has 1 aliphatic rings. The Bertz CT molecular complexity index is 602. The first-order valence-electron chi connectivity index (χ1n) is 6.80. The smallest absolute Gasteiger partial charge is 0.0632 e. The number of hydrogen-bond donors (Lipinski definition) is 0. The van der Waals surface area contributed by atoms with Crippen LogP contribution >= 0.6 is 38.9 Å². The highest BCUT2D eigenvalue weighted by Crippen LogP contribution is 2.53. The minimum absolute atomic E-state index is 0.139. The summed E-state index contributed by atoms with van der Waals surface area (Å²) in [4.78, 5) is 0. The van der Waals surface area contributed by atoms with Crippen molar-refractivity contribution in [2.45, 2.75) is 38.5 Å². The fourth-order valence-corrected chi connectivity index (χ4v) is 5.75. The predicted octanol–water partition coefficient (Wildman–Crippen LogP) is 6.77. The second kappa shape index (κ2) is 5.05. The summed E-state index contributed by atoms with van der Waals surface area (Å²) in [5.41, 5.74) is 1.69. The summed E-state index contributed by atoms with van der Waals surface area (Å²) in [6, 6.07) is 6.40. The van der Waals surface area contributed by atoms with E-state index in [2.05, 4.69) is 53.4 Å². The molecule has 1 fully saturated rings. The van der Waals surface area contributed by atoms with Crippen LogP contribution in [0.3, 0.4) is 0 Å². The molecule has 102 valence electrons. The van der Waals surface area contributed by atoms with E-state index in [1.165, 1.54) is 39.4 Å². The van der Waals surface area contributed by atoms with E-state index in [9.17, 15) is 0 Å². The van der Waals surface area contributed by atoms with Crippen molar-refractivity contribution in [3.8, 4) is 0 Å². The van der Waals surface area contributed by atoms with E-state index in [0.717, 1.165) is 0 Å². The van der Waals surface area contributed by atoms with Crippen LogP contribution in [0, 0.1) is 11.3 Å². The van der Waals surface area contributed by atoms with Gasteiger partial charge in [-0.15, -0.1) is 22.9 Å². The van der Waals surface area contributed by atoms with Crippen LogP contribution in [0.25, 0.3) is 10.1 Å². The summed E-state index contributed by atoms with van der Waals surface area (Å²) in [5, 5.41) is 3.71. The van der Waals surface area contributed by atoms with Crippen molar-refractivity contribution in [2.75, 3.05) is 0 Å². The Balaban J connectivity index is 2.03. The van der Waals surface area contributed by atoms with E-state index in [1.807, 2.05) is 0 Å². The molecule has 0 radical (unpaired) electrons. The molecule has 0 bridgehead atoms. The third-order valence-corrected chi connectivity index (χ3v) is 7.08. The SMILES string of the molecule is CC1(C)CCCC1C(Cl)c1csc2c(Br)cccc12. The maximum Gasteiger partial charge on any atom is 0.0632 e. The van der Waals surface area contributed by atoms with Crippen LogP contribution in [0.1, 0.15) is 44.1 Å². The minimum Gasteiger partial charge on any atom is -0.142 e. The Kier molecular flexibility index (Phi) is 3.70. The summed E-state index contributed by atoms with van der Waals surface area (Å²) in [7, 11) is 0. The monoisotopic (exact) mass is 356 g/mol. The lowest BCUT2D eigenvalue weighted by atomic mass is 9.78. The molecule has 1 heterocycles. The first kappa shape index (κ1) is 13.9. The lowest BCUT2D eigenvalue weighted by molar-refractivity contribution is 0.253. The van der Waals surface area contributed by atoms with Gasteiger partial charge in [0.25, 0.3) is 0 Å². The number of hydrogen-bond acceptors (Lipinski definition) is 1. The van der Waals surface area contributed by atoms with Gasteiger partial charge in [-0.1, -0.05) is 32.4 Å². The number of rotatable bonds is 2. The van der Waals surface area contributed by atoms with Gasteiger partial charge in [0, 0.05) is 9.17 Å². The fraction of sp³-hybridized carbons (Fsp3) is 0.500. The minimum atomic E-state index is 0.139. The third-order valence-electron chi connectivity index (χ3n) is 4.57. The van der Waals surface area contributed by atoms with Crippen LogP contribution in [-0.4, -0.2) is 0 Å². The van der Waals surface area contributed by atoms with E-state index < -0.39 is 0 Å².